The van der Waals surface area contributed by atoms with Crippen LogP contribution in [-0.2, 0) is 10.2 Å². The molecule has 0 saturated carbocycles. The van der Waals surface area contributed by atoms with E-state index in [1.807, 2.05) is 7.05 Å². The molecule has 1 aromatic carbocycles. The molecule has 1 heterocycles. The second kappa shape index (κ2) is 9.38. The first-order valence-corrected chi connectivity index (χ1v) is 8.97. The van der Waals surface area contributed by atoms with Crippen LogP contribution in [0.15, 0.2) is 33.7 Å². The smallest absolute Gasteiger partial charge is 0.191 e. The number of halogens is 2. The van der Waals surface area contributed by atoms with Gasteiger partial charge >= 0.3 is 0 Å². The van der Waals surface area contributed by atoms with Crippen molar-refractivity contribution in [3.8, 4) is 0 Å². The van der Waals surface area contributed by atoms with E-state index in [-0.39, 0.29) is 34.9 Å². The molecular formula is C18H29BrIN3O. The van der Waals surface area contributed by atoms with Crippen LogP contribution in [0.5, 0.6) is 0 Å². The molecule has 2 N–H and O–H groups in total. The standard InChI is InChI=1S/C18H28BrN3O.HI/c1-17(2,3)22-16(20-4)21-13-18(9-11-23-12-10-18)14-5-7-15(19)8-6-14;/h5-8H,9-13H2,1-4H3,(H2,20,21,22);1H. The zero-order valence-corrected chi connectivity index (χ0v) is 18.9. The first-order chi connectivity index (χ1) is 10.8. The minimum atomic E-state index is -0.0116. The van der Waals surface area contributed by atoms with Gasteiger partial charge in [0.15, 0.2) is 5.96 Å². The van der Waals surface area contributed by atoms with E-state index in [0.717, 1.165) is 43.0 Å². The second-order valence-electron chi connectivity index (χ2n) is 7.20. The van der Waals surface area contributed by atoms with Crippen molar-refractivity contribution in [1.29, 1.82) is 0 Å². The lowest BCUT2D eigenvalue weighted by molar-refractivity contribution is 0.0513. The predicted octanol–water partition coefficient (Wildman–Crippen LogP) is 4.08. The molecule has 136 valence electrons. The first kappa shape index (κ1) is 21.7. The minimum Gasteiger partial charge on any atom is -0.381 e. The summed E-state index contributed by atoms with van der Waals surface area (Å²) in [5.41, 5.74) is 1.44. The average molecular weight is 510 g/mol. The molecule has 0 atom stereocenters. The summed E-state index contributed by atoms with van der Waals surface area (Å²) >= 11 is 3.52. The minimum absolute atomic E-state index is 0. The van der Waals surface area contributed by atoms with Gasteiger partial charge in [0.25, 0.3) is 0 Å². The molecule has 2 rings (SSSR count). The molecule has 0 amide bonds. The fourth-order valence-corrected chi connectivity index (χ4v) is 3.18. The summed E-state index contributed by atoms with van der Waals surface area (Å²) in [6.07, 6.45) is 2.04. The molecule has 6 heteroatoms. The third-order valence-corrected chi connectivity index (χ3v) is 4.75. The van der Waals surface area contributed by atoms with Gasteiger partial charge in [-0.05, 0) is 51.3 Å². The Bertz CT molecular complexity index is 534. The van der Waals surface area contributed by atoms with Gasteiger partial charge in [0.05, 0.1) is 0 Å². The zero-order chi connectivity index (χ0) is 16.9. The number of nitrogens with one attached hydrogen (secondary N) is 2. The molecule has 1 fully saturated rings. The molecule has 0 aliphatic carbocycles. The summed E-state index contributed by atoms with van der Waals surface area (Å²) in [7, 11) is 1.82. The van der Waals surface area contributed by atoms with Gasteiger partial charge in [0.1, 0.15) is 0 Å². The Morgan fingerprint density at radius 2 is 1.79 bits per heavy atom. The van der Waals surface area contributed by atoms with Crippen molar-refractivity contribution in [2.24, 2.45) is 4.99 Å². The number of benzene rings is 1. The van der Waals surface area contributed by atoms with E-state index in [2.05, 4.69) is 76.6 Å². The van der Waals surface area contributed by atoms with Crippen molar-refractivity contribution in [3.05, 3.63) is 34.3 Å². The van der Waals surface area contributed by atoms with E-state index in [4.69, 9.17) is 4.74 Å². The molecule has 0 spiro atoms. The summed E-state index contributed by atoms with van der Waals surface area (Å²) < 4.78 is 6.71. The summed E-state index contributed by atoms with van der Waals surface area (Å²) in [5, 5.41) is 6.94. The lowest BCUT2D eigenvalue weighted by Crippen LogP contribution is -2.52. The van der Waals surface area contributed by atoms with Crippen molar-refractivity contribution in [1.82, 2.24) is 10.6 Å². The van der Waals surface area contributed by atoms with Crippen molar-refractivity contribution in [3.63, 3.8) is 0 Å². The number of aliphatic imine (C=N–C) groups is 1. The molecule has 4 nitrogen and oxygen atoms in total. The monoisotopic (exact) mass is 509 g/mol. The predicted molar refractivity (Wildman–Crippen MR) is 116 cm³/mol. The summed E-state index contributed by atoms with van der Waals surface area (Å²) in [5.74, 6) is 0.848. The quantitative estimate of drug-likeness (QED) is 0.366. The Hall–Kier alpha value is -0.340. The van der Waals surface area contributed by atoms with Crippen LogP contribution >= 0.6 is 39.9 Å². The summed E-state index contributed by atoms with van der Waals surface area (Å²) in [6.45, 7) is 8.89. The average Bonchev–Trinajstić information content (AvgIpc) is 2.52. The largest absolute Gasteiger partial charge is 0.381 e. The lowest BCUT2D eigenvalue weighted by Gasteiger charge is -2.38. The molecule has 0 bridgehead atoms. The van der Waals surface area contributed by atoms with Crippen LogP contribution in [0.4, 0.5) is 0 Å². The van der Waals surface area contributed by atoms with Crippen LogP contribution in [0.1, 0.15) is 39.2 Å². The number of ether oxygens (including phenoxy) is 1. The fourth-order valence-electron chi connectivity index (χ4n) is 2.92. The van der Waals surface area contributed by atoms with Crippen LogP contribution in [0.25, 0.3) is 0 Å². The third-order valence-electron chi connectivity index (χ3n) is 4.22. The van der Waals surface area contributed by atoms with E-state index in [9.17, 15) is 0 Å². The molecule has 0 unspecified atom stereocenters. The van der Waals surface area contributed by atoms with E-state index in [0.29, 0.717) is 0 Å². The molecule has 1 aliphatic heterocycles. The molecular weight excluding hydrogens is 481 g/mol. The van der Waals surface area contributed by atoms with Gasteiger partial charge < -0.3 is 15.4 Å². The highest BCUT2D eigenvalue weighted by atomic mass is 127. The second-order valence-corrected chi connectivity index (χ2v) is 8.12. The highest BCUT2D eigenvalue weighted by molar-refractivity contribution is 14.0. The Morgan fingerprint density at radius 3 is 2.29 bits per heavy atom. The Morgan fingerprint density at radius 1 is 1.21 bits per heavy atom. The Labute approximate surface area is 171 Å². The van der Waals surface area contributed by atoms with Gasteiger partial charge in [-0.15, -0.1) is 24.0 Å². The number of rotatable bonds is 3. The van der Waals surface area contributed by atoms with Crippen LogP contribution in [0, 0.1) is 0 Å². The maximum Gasteiger partial charge on any atom is 0.191 e. The fraction of sp³-hybridized carbons (Fsp3) is 0.611. The normalized spacial score (nSPS) is 17.8. The van der Waals surface area contributed by atoms with Crippen LogP contribution in [0.3, 0.4) is 0 Å². The van der Waals surface area contributed by atoms with Crippen molar-refractivity contribution >= 4 is 45.9 Å². The van der Waals surface area contributed by atoms with Gasteiger partial charge in [-0.1, -0.05) is 28.1 Å². The third kappa shape index (κ3) is 6.19. The van der Waals surface area contributed by atoms with Crippen molar-refractivity contribution in [2.75, 3.05) is 26.8 Å². The molecule has 1 saturated heterocycles. The van der Waals surface area contributed by atoms with Crippen molar-refractivity contribution in [2.45, 2.75) is 44.6 Å². The topological polar surface area (TPSA) is 45.7 Å². The van der Waals surface area contributed by atoms with E-state index >= 15 is 0 Å². The summed E-state index contributed by atoms with van der Waals surface area (Å²) in [4.78, 5) is 4.35. The SMILES string of the molecule is CN=C(NCC1(c2ccc(Br)cc2)CCOCC1)NC(C)(C)C.I. The maximum absolute atomic E-state index is 5.60. The molecule has 24 heavy (non-hydrogen) atoms. The molecule has 1 aliphatic rings. The highest BCUT2D eigenvalue weighted by Gasteiger charge is 2.34. The van der Waals surface area contributed by atoms with Gasteiger partial charge in [-0.25, -0.2) is 0 Å². The Kier molecular flexibility index (Phi) is 8.48. The Balaban J connectivity index is 0.00000288. The number of guanidine groups is 1. The van der Waals surface area contributed by atoms with E-state index in [1.54, 1.807) is 0 Å². The molecule has 0 radical (unpaired) electrons. The van der Waals surface area contributed by atoms with E-state index < -0.39 is 0 Å². The zero-order valence-electron chi connectivity index (χ0n) is 15.0. The lowest BCUT2D eigenvalue weighted by atomic mass is 9.74. The van der Waals surface area contributed by atoms with Crippen LogP contribution < -0.4 is 10.6 Å². The van der Waals surface area contributed by atoms with Gasteiger partial charge in [-0.3, -0.25) is 4.99 Å². The van der Waals surface area contributed by atoms with Crippen LogP contribution in [-0.4, -0.2) is 38.3 Å². The number of hydrogen-bond donors (Lipinski definition) is 2. The van der Waals surface area contributed by atoms with Gasteiger partial charge in [0.2, 0.25) is 0 Å². The van der Waals surface area contributed by atoms with Gasteiger partial charge in [-0.2, -0.15) is 0 Å². The van der Waals surface area contributed by atoms with Crippen molar-refractivity contribution < 1.29 is 4.74 Å². The number of hydrogen-bond acceptors (Lipinski definition) is 2. The van der Waals surface area contributed by atoms with Gasteiger partial charge in [0, 0.05) is 42.2 Å². The number of nitrogens with zero attached hydrogens (tertiary/aromatic N) is 1. The van der Waals surface area contributed by atoms with E-state index in [1.165, 1.54) is 5.56 Å². The maximum atomic E-state index is 5.60. The highest BCUT2D eigenvalue weighted by Crippen LogP contribution is 2.34. The molecule has 0 aromatic heterocycles. The van der Waals surface area contributed by atoms with Crippen LogP contribution in [0.2, 0.25) is 0 Å². The summed E-state index contributed by atoms with van der Waals surface area (Å²) in [6, 6.07) is 8.68. The molecule has 1 aromatic rings. The first-order valence-electron chi connectivity index (χ1n) is 8.17.